The largest absolute Gasteiger partial charge is 0.465 e. The lowest BCUT2D eigenvalue weighted by Gasteiger charge is -2.34. The number of hydrogen-bond donors (Lipinski definition) is 1. The van der Waals surface area contributed by atoms with E-state index in [9.17, 15) is 14.7 Å². The van der Waals surface area contributed by atoms with Gasteiger partial charge in [-0.25, -0.2) is 9.59 Å². The fraction of sp³-hybridized carbons (Fsp3) is 0.692. The van der Waals surface area contributed by atoms with E-state index in [0.29, 0.717) is 25.8 Å². The molecule has 0 radical (unpaired) electrons. The van der Waals surface area contributed by atoms with Crippen molar-refractivity contribution in [2.24, 2.45) is 0 Å². The number of carboxylic acid groups (broad SMARTS) is 1. The van der Waals surface area contributed by atoms with E-state index in [-0.39, 0.29) is 6.61 Å². The van der Waals surface area contributed by atoms with Gasteiger partial charge in [-0.05, 0) is 19.3 Å². The van der Waals surface area contributed by atoms with E-state index >= 15 is 0 Å². The minimum Gasteiger partial charge on any atom is -0.465 e. The second-order valence-corrected chi connectivity index (χ2v) is 4.56. The molecule has 0 aromatic rings. The van der Waals surface area contributed by atoms with Crippen LogP contribution in [0.4, 0.5) is 4.79 Å². The second-order valence-electron chi connectivity index (χ2n) is 4.56. The molecule has 1 rings (SSSR count). The van der Waals surface area contributed by atoms with Crippen molar-refractivity contribution in [2.45, 2.75) is 44.6 Å². The molecule has 1 amide bonds. The summed E-state index contributed by atoms with van der Waals surface area (Å²) in [6.45, 7) is 6.04. The predicted octanol–water partition coefficient (Wildman–Crippen LogP) is 2.42. The van der Waals surface area contributed by atoms with Crippen LogP contribution in [0.3, 0.4) is 0 Å². The molecule has 1 saturated heterocycles. The maximum atomic E-state index is 12.2. The van der Waals surface area contributed by atoms with Crippen LogP contribution in [0, 0.1) is 0 Å². The van der Waals surface area contributed by atoms with Crippen molar-refractivity contribution in [1.29, 1.82) is 0 Å². The summed E-state index contributed by atoms with van der Waals surface area (Å²) in [5.41, 5.74) is -0.981. The zero-order valence-electron chi connectivity index (χ0n) is 10.9. The van der Waals surface area contributed by atoms with Gasteiger partial charge in [-0.1, -0.05) is 32.4 Å². The molecule has 0 aromatic heterocycles. The minimum absolute atomic E-state index is 0.125. The Labute approximate surface area is 107 Å². The van der Waals surface area contributed by atoms with Gasteiger partial charge in [-0.3, -0.25) is 4.90 Å². The van der Waals surface area contributed by atoms with Crippen LogP contribution in [0.2, 0.25) is 0 Å². The lowest BCUT2D eigenvalue weighted by molar-refractivity contribution is -0.154. The van der Waals surface area contributed by atoms with E-state index < -0.39 is 17.6 Å². The predicted molar refractivity (Wildman–Crippen MR) is 67.4 cm³/mol. The first kappa shape index (κ1) is 14.5. The molecule has 18 heavy (non-hydrogen) atoms. The highest BCUT2D eigenvalue weighted by molar-refractivity contribution is 5.86. The van der Waals surface area contributed by atoms with Crippen LogP contribution in [0.1, 0.15) is 39.0 Å². The average molecular weight is 255 g/mol. The Bertz CT molecular complexity index is 329. The highest BCUT2D eigenvalue weighted by Crippen LogP contribution is 2.35. The molecule has 1 heterocycles. The molecule has 5 heteroatoms. The third kappa shape index (κ3) is 2.83. The lowest BCUT2D eigenvalue weighted by Crippen LogP contribution is -2.53. The van der Waals surface area contributed by atoms with Gasteiger partial charge in [0.25, 0.3) is 0 Å². The topological polar surface area (TPSA) is 66.8 Å². The smallest absolute Gasteiger partial charge is 0.408 e. The third-order valence-corrected chi connectivity index (χ3v) is 3.38. The number of likely N-dealkylation sites (tertiary alicyclic amines) is 1. The van der Waals surface area contributed by atoms with Crippen LogP contribution in [0.25, 0.3) is 0 Å². The summed E-state index contributed by atoms with van der Waals surface area (Å²) in [5, 5.41) is 9.22. The molecule has 0 aromatic carbocycles. The Morgan fingerprint density at radius 2 is 2.28 bits per heavy atom. The number of esters is 1. The summed E-state index contributed by atoms with van der Waals surface area (Å²) in [5.74, 6) is -0.434. The van der Waals surface area contributed by atoms with Crippen LogP contribution >= 0.6 is 0 Å². The van der Waals surface area contributed by atoms with Crippen molar-refractivity contribution in [3.8, 4) is 0 Å². The molecule has 0 saturated carbocycles. The molecular formula is C13H21NO4. The van der Waals surface area contributed by atoms with Gasteiger partial charge in [0, 0.05) is 6.54 Å². The molecule has 0 spiro atoms. The fourth-order valence-electron chi connectivity index (χ4n) is 2.47. The molecule has 1 N–H and O–H groups in total. The Morgan fingerprint density at radius 3 is 2.83 bits per heavy atom. The van der Waals surface area contributed by atoms with E-state index in [1.165, 1.54) is 11.0 Å². The standard InChI is InChI=1S/C13H21NO4/c1-3-5-7-13(11(15)18-10-4-2)8-6-9-14(13)12(16)17/h4H,2-3,5-10H2,1H3,(H,16,17)/t13-/m0/s1. The second kappa shape index (κ2) is 6.42. The number of ether oxygens (including phenoxy) is 1. The number of carbonyl (C=O) groups excluding carboxylic acids is 1. The van der Waals surface area contributed by atoms with Gasteiger partial charge in [0.2, 0.25) is 0 Å². The fourth-order valence-corrected chi connectivity index (χ4v) is 2.47. The van der Waals surface area contributed by atoms with Gasteiger partial charge in [-0.15, -0.1) is 0 Å². The normalized spacial score (nSPS) is 22.8. The van der Waals surface area contributed by atoms with Gasteiger partial charge in [0.05, 0.1) is 0 Å². The van der Waals surface area contributed by atoms with Crippen LogP contribution in [0.15, 0.2) is 12.7 Å². The quantitative estimate of drug-likeness (QED) is 0.584. The number of carbonyl (C=O) groups is 2. The minimum atomic E-state index is -1.04. The molecule has 0 unspecified atom stereocenters. The van der Waals surface area contributed by atoms with Crippen LogP contribution in [-0.4, -0.2) is 40.8 Å². The molecule has 1 aliphatic rings. The molecule has 102 valence electrons. The summed E-state index contributed by atoms with van der Waals surface area (Å²) >= 11 is 0. The summed E-state index contributed by atoms with van der Waals surface area (Å²) < 4.78 is 5.09. The van der Waals surface area contributed by atoms with Crippen molar-refractivity contribution >= 4 is 12.1 Å². The molecular weight excluding hydrogens is 234 g/mol. The average Bonchev–Trinajstić information content (AvgIpc) is 2.78. The van der Waals surface area contributed by atoms with Crippen molar-refractivity contribution < 1.29 is 19.4 Å². The molecule has 0 bridgehead atoms. The number of nitrogens with zero attached hydrogens (tertiary/aromatic N) is 1. The Morgan fingerprint density at radius 1 is 1.56 bits per heavy atom. The van der Waals surface area contributed by atoms with E-state index in [2.05, 4.69) is 6.58 Å². The number of amides is 1. The first-order valence-electron chi connectivity index (χ1n) is 6.37. The zero-order valence-corrected chi connectivity index (χ0v) is 10.9. The van der Waals surface area contributed by atoms with Crippen molar-refractivity contribution in [1.82, 2.24) is 4.90 Å². The number of unbranched alkanes of at least 4 members (excludes halogenated alkanes) is 1. The molecule has 1 fully saturated rings. The van der Waals surface area contributed by atoms with Gasteiger partial charge >= 0.3 is 12.1 Å². The molecule has 1 atom stereocenters. The van der Waals surface area contributed by atoms with E-state index in [0.717, 1.165) is 12.8 Å². The first-order chi connectivity index (χ1) is 8.58. The summed E-state index contributed by atoms with van der Waals surface area (Å²) in [4.78, 5) is 24.7. The monoisotopic (exact) mass is 255 g/mol. The van der Waals surface area contributed by atoms with E-state index in [4.69, 9.17) is 4.74 Å². The van der Waals surface area contributed by atoms with Crippen LogP contribution in [-0.2, 0) is 9.53 Å². The summed E-state index contributed by atoms with van der Waals surface area (Å²) in [6, 6.07) is 0. The zero-order chi connectivity index (χ0) is 13.6. The van der Waals surface area contributed by atoms with Crippen LogP contribution < -0.4 is 0 Å². The van der Waals surface area contributed by atoms with E-state index in [1.54, 1.807) is 0 Å². The number of hydrogen-bond acceptors (Lipinski definition) is 3. The van der Waals surface area contributed by atoms with Crippen molar-refractivity contribution in [3.05, 3.63) is 12.7 Å². The van der Waals surface area contributed by atoms with Crippen molar-refractivity contribution in [3.63, 3.8) is 0 Å². The van der Waals surface area contributed by atoms with Gasteiger partial charge < -0.3 is 9.84 Å². The lowest BCUT2D eigenvalue weighted by atomic mass is 9.90. The highest BCUT2D eigenvalue weighted by Gasteiger charge is 2.50. The molecule has 1 aliphatic heterocycles. The molecule has 5 nitrogen and oxygen atoms in total. The molecule has 0 aliphatic carbocycles. The summed E-state index contributed by atoms with van der Waals surface area (Å²) in [6.07, 6.45) is 3.97. The van der Waals surface area contributed by atoms with Gasteiger partial charge in [0.1, 0.15) is 12.1 Å². The highest BCUT2D eigenvalue weighted by atomic mass is 16.5. The maximum absolute atomic E-state index is 12.2. The van der Waals surface area contributed by atoms with Gasteiger partial charge in [0.15, 0.2) is 0 Å². The Kier molecular flexibility index (Phi) is 5.19. The summed E-state index contributed by atoms with van der Waals surface area (Å²) in [7, 11) is 0. The Balaban J connectivity index is 2.89. The number of rotatable bonds is 6. The maximum Gasteiger partial charge on any atom is 0.408 e. The van der Waals surface area contributed by atoms with Gasteiger partial charge in [-0.2, -0.15) is 0 Å². The van der Waals surface area contributed by atoms with Crippen LogP contribution in [0.5, 0.6) is 0 Å². The Hall–Kier alpha value is -1.52. The first-order valence-corrected chi connectivity index (χ1v) is 6.37. The van der Waals surface area contributed by atoms with E-state index in [1.807, 2.05) is 6.92 Å². The third-order valence-electron chi connectivity index (χ3n) is 3.38. The van der Waals surface area contributed by atoms with Crippen molar-refractivity contribution in [2.75, 3.05) is 13.2 Å². The SMILES string of the molecule is C=CCOC(=O)[C@]1(CCCC)CCCN1C(=O)O.